The number of nitrogens with one attached hydrogen (secondary N) is 1. The number of fused-ring (bicyclic) bond motifs is 1. The fourth-order valence-electron chi connectivity index (χ4n) is 4.66. The van der Waals surface area contributed by atoms with Crippen LogP contribution in [0.25, 0.3) is 0 Å². The Morgan fingerprint density at radius 3 is 2.76 bits per heavy atom. The summed E-state index contributed by atoms with van der Waals surface area (Å²) >= 11 is 6.21. The molecule has 2 aliphatic heterocycles. The zero-order valence-corrected chi connectivity index (χ0v) is 22.3. The van der Waals surface area contributed by atoms with Crippen LogP contribution in [0.4, 0.5) is 27.9 Å². The Labute approximate surface area is 226 Å². The molecule has 11 nitrogen and oxygen atoms in total. The molecule has 12 heteroatoms. The fourth-order valence-corrected chi connectivity index (χ4v) is 4.88. The molecule has 3 amide bonds. The number of amides is 3. The SMILES string of the molecule is CN(C)CC=CC(=O)N1CCC(N2C(=O)N(c3ccccc3)Cc3cnc(Nc4cn(C)nc4Cl)nc32)C1. The van der Waals surface area contributed by atoms with E-state index in [1.165, 1.54) is 0 Å². The first kappa shape index (κ1) is 25.7. The van der Waals surface area contributed by atoms with Crippen molar-refractivity contribution in [3.63, 3.8) is 0 Å². The Hall–Kier alpha value is -3.96. The highest BCUT2D eigenvalue weighted by Gasteiger charge is 2.40. The molecule has 4 heterocycles. The summed E-state index contributed by atoms with van der Waals surface area (Å²) in [4.78, 5) is 43.2. The van der Waals surface area contributed by atoms with Crippen LogP contribution in [-0.4, -0.2) is 81.3 Å². The van der Waals surface area contributed by atoms with Crippen LogP contribution in [0.3, 0.4) is 0 Å². The first-order valence-corrected chi connectivity index (χ1v) is 12.8. The van der Waals surface area contributed by atoms with Gasteiger partial charge in [-0.15, -0.1) is 0 Å². The first-order valence-electron chi connectivity index (χ1n) is 12.4. The van der Waals surface area contributed by atoms with E-state index >= 15 is 0 Å². The van der Waals surface area contributed by atoms with Crippen LogP contribution in [0.5, 0.6) is 0 Å². The minimum Gasteiger partial charge on any atom is -0.337 e. The number of benzene rings is 1. The highest BCUT2D eigenvalue weighted by Crippen LogP contribution is 2.35. The van der Waals surface area contributed by atoms with E-state index in [4.69, 9.17) is 16.6 Å². The third kappa shape index (κ3) is 5.34. The van der Waals surface area contributed by atoms with Crippen LogP contribution in [0, 0.1) is 0 Å². The molecule has 1 atom stereocenters. The molecule has 1 unspecified atom stereocenters. The van der Waals surface area contributed by atoms with Gasteiger partial charge in [-0.25, -0.2) is 9.78 Å². The Kier molecular flexibility index (Phi) is 7.30. The summed E-state index contributed by atoms with van der Waals surface area (Å²) in [5.41, 5.74) is 2.16. The molecule has 1 saturated heterocycles. The van der Waals surface area contributed by atoms with E-state index in [2.05, 4.69) is 15.4 Å². The number of nitrogens with zero attached hydrogens (tertiary/aromatic N) is 8. The summed E-state index contributed by atoms with van der Waals surface area (Å²) in [5, 5.41) is 7.53. The standard InChI is InChI=1S/C26H30ClN9O2/c1-32(2)12-7-10-22(37)34-13-11-20(16-34)36-24-18(15-35(26(36)38)19-8-5-4-6-9-19)14-28-25(30-24)29-21-17-33(3)31-23(21)27/h4-10,14,17,20H,11-13,15-16H2,1-3H3,(H,28,29,30). The van der Waals surface area contributed by atoms with Crippen LogP contribution >= 0.6 is 11.6 Å². The van der Waals surface area contributed by atoms with E-state index in [1.807, 2.05) is 55.4 Å². The quantitative estimate of drug-likeness (QED) is 0.463. The number of anilines is 4. The number of hydrogen-bond acceptors (Lipinski definition) is 7. The van der Waals surface area contributed by atoms with Gasteiger partial charge in [0.05, 0.1) is 18.3 Å². The van der Waals surface area contributed by atoms with Gasteiger partial charge in [0, 0.05) is 56.4 Å². The third-order valence-corrected chi connectivity index (χ3v) is 6.78. The minimum atomic E-state index is -0.233. The van der Waals surface area contributed by atoms with Crippen molar-refractivity contribution < 1.29 is 9.59 Å². The van der Waals surface area contributed by atoms with Crippen molar-refractivity contribution in [1.29, 1.82) is 0 Å². The normalized spacial score (nSPS) is 17.6. The zero-order chi connectivity index (χ0) is 26.8. The average molecular weight is 536 g/mol. The van der Waals surface area contributed by atoms with Gasteiger partial charge >= 0.3 is 6.03 Å². The minimum absolute atomic E-state index is 0.0600. The monoisotopic (exact) mass is 535 g/mol. The maximum Gasteiger partial charge on any atom is 0.330 e. The van der Waals surface area contributed by atoms with E-state index < -0.39 is 0 Å². The Bertz CT molecular complexity index is 1360. The number of hydrogen-bond donors (Lipinski definition) is 1. The highest BCUT2D eigenvalue weighted by atomic mass is 35.5. The van der Waals surface area contributed by atoms with E-state index in [9.17, 15) is 9.59 Å². The smallest absolute Gasteiger partial charge is 0.330 e. The summed E-state index contributed by atoms with van der Waals surface area (Å²) in [6.07, 6.45) is 7.55. The van der Waals surface area contributed by atoms with Crippen molar-refractivity contribution >= 4 is 46.7 Å². The van der Waals surface area contributed by atoms with Gasteiger partial charge in [0.15, 0.2) is 5.15 Å². The van der Waals surface area contributed by atoms with Crippen LogP contribution < -0.4 is 15.1 Å². The van der Waals surface area contributed by atoms with Gasteiger partial charge in [-0.05, 0) is 32.6 Å². The van der Waals surface area contributed by atoms with E-state index in [-0.39, 0.29) is 18.0 Å². The van der Waals surface area contributed by atoms with Crippen molar-refractivity contribution in [3.05, 3.63) is 65.6 Å². The van der Waals surface area contributed by atoms with Crippen LogP contribution in [0.2, 0.25) is 5.15 Å². The van der Waals surface area contributed by atoms with Crippen molar-refractivity contribution in [3.8, 4) is 0 Å². The molecule has 0 saturated carbocycles. The van der Waals surface area contributed by atoms with Gasteiger partial charge in [-0.2, -0.15) is 10.1 Å². The average Bonchev–Trinajstić information content (AvgIpc) is 3.50. The van der Waals surface area contributed by atoms with Crippen molar-refractivity contribution in [2.45, 2.75) is 19.0 Å². The van der Waals surface area contributed by atoms with Gasteiger partial charge in [0.1, 0.15) is 5.82 Å². The number of para-hydroxylation sites is 1. The van der Waals surface area contributed by atoms with Crippen LogP contribution in [-0.2, 0) is 18.4 Å². The number of carbonyl (C=O) groups is 2. The van der Waals surface area contributed by atoms with E-state index in [0.717, 1.165) is 11.3 Å². The number of aromatic nitrogens is 4. The highest BCUT2D eigenvalue weighted by molar-refractivity contribution is 6.32. The molecular formula is C26H30ClN9O2. The molecule has 0 bridgehead atoms. The van der Waals surface area contributed by atoms with Crippen molar-refractivity contribution in [1.82, 2.24) is 29.5 Å². The van der Waals surface area contributed by atoms with Gasteiger partial charge in [-0.3, -0.25) is 19.3 Å². The number of likely N-dealkylation sites (N-methyl/N-ethyl adjacent to an activating group) is 1. The molecule has 3 aromatic rings. The van der Waals surface area contributed by atoms with Gasteiger partial charge in [0.25, 0.3) is 0 Å². The Morgan fingerprint density at radius 2 is 2.05 bits per heavy atom. The molecule has 0 aliphatic carbocycles. The summed E-state index contributed by atoms with van der Waals surface area (Å²) in [7, 11) is 5.67. The number of rotatable bonds is 7. The second kappa shape index (κ2) is 10.8. The summed E-state index contributed by atoms with van der Waals surface area (Å²) < 4.78 is 1.59. The van der Waals surface area contributed by atoms with Gasteiger partial charge in [0.2, 0.25) is 11.9 Å². The van der Waals surface area contributed by atoms with E-state index in [0.29, 0.717) is 55.2 Å². The Morgan fingerprint density at radius 1 is 1.26 bits per heavy atom. The lowest BCUT2D eigenvalue weighted by Gasteiger charge is -2.39. The first-order chi connectivity index (χ1) is 18.3. The lowest BCUT2D eigenvalue weighted by Crippen LogP contribution is -2.53. The largest absolute Gasteiger partial charge is 0.337 e. The molecule has 0 radical (unpaired) electrons. The lowest BCUT2D eigenvalue weighted by molar-refractivity contribution is -0.125. The molecule has 5 rings (SSSR count). The summed E-state index contributed by atoms with van der Waals surface area (Å²) in [6.45, 7) is 1.99. The lowest BCUT2D eigenvalue weighted by atomic mass is 10.1. The molecule has 2 aromatic heterocycles. The van der Waals surface area contributed by atoms with Crippen molar-refractivity contribution in [2.24, 2.45) is 7.05 Å². The molecule has 1 aromatic carbocycles. The van der Waals surface area contributed by atoms with Gasteiger partial charge in [-0.1, -0.05) is 35.9 Å². The summed E-state index contributed by atoms with van der Waals surface area (Å²) in [6, 6.07) is 9.11. The maximum absolute atomic E-state index is 13.9. The number of halogens is 1. The molecular weight excluding hydrogens is 506 g/mol. The van der Waals surface area contributed by atoms with Crippen LogP contribution in [0.15, 0.2) is 54.9 Å². The molecule has 1 N–H and O–H groups in total. The second-order valence-electron chi connectivity index (χ2n) is 9.64. The zero-order valence-electron chi connectivity index (χ0n) is 21.6. The van der Waals surface area contributed by atoms with E-state index in [1.54, 1.807) is 44.9 Å². The van der Waals surface area contributed by atoms with Crippen molar-refractivity contribution in [2.75, 3.05) is 48.8 Å². The fraction of sp³-hybridized carbons (Fsp3) is 0.346. The molecule has 2 aliphatic rings. The maximum atomic E-state index is 13.9. The molecule has 1 fully saturated rings. The number of likely N-dealkylation sites (tertiary alicyclic amines) is 1. The predicted molar refractivity (Wildman–Crippen MR) is 147 cm³/mol. The molecule has 0 spiro atoms. The summed E-state index contributed by atoms with van der Waals surface area (Å²) in [5.74, 6) is 0.777. The number of carbonyl (C=O) groups excluding carboxylic acids is 2. The molecule has 38 heavy (non-hydrogen) atoms. The Balaban J connectivity index is 1.45. The number of aryl methyl sites for hydroxylation is 1. The second-order valence-corrected chi connectivity index (χ2v) is 10.00. The predicted octanol–water partition coefficient (Wildman–Crippen LogP) is 3.27. The third-order valence-electron chi connectivity index (χ3n) is 6.50. The van der Waals surface area contributed by atoms with Crippen LogP contribution in [0.1, 0.15) is 12.0 Å². The number of urea groups is 1. The topological polar surface area (TPSA) is 103 Å². The molecule has 198 valence electrons. The van der Waals surface area contributed by atoms with Gasteiger partial charge < -0.3 is 15.1 Å².